The largest absolute Gasteiger partial charge is 2.00 e. The molecule has 0 atom stereocenters. The molecule has 7 heteroatoms. The van der Waals surface area contributed by atoms with E-state index >= 15 is 0 Å². The Morgan fingerprint density at radius 1 is 0.632 bits per heavy atom. The molecule has 0 aliphatic carbocycles. The van der Waals surface area contributed by atoms with Gasteiger partial charge < -0.3 is 10.2 Å². The number of benzene rings is 2. The normalized spacial score (nSPS) is 9.05. The van der Waals surface area contributed by atoms with Crippen molar-refractivity contribution in [3.05, 3.63) is 56.5 Å². The van der Waals surface area contributed by atoms with E-state index in [9.17, 15) is 10.2 Å². The van der Waals surface area contributed by atoms with Gasteiger partial charge in [-0.25, -0.2) is 0 Å². The van der Waals surface area contributed by atoms with Gasteiger partial charge in [-0.15, -0.1) is 0 Å². The van der Waals surface area contributed by atoms with Crippen LogP contribution in [0.3, 0.4) is 0 Å². The smallest absolute Gasteiger partial charge is 0.871 e. The molecular weight excluding hydrogens is 342 g/mol. The van der Waals surface area contributed by atoms with Crippen LogP contribution in [0, 0.1) is 0 Å². The van der Waals surface area contributed by atoms with E-state index in [1.54, 1.807) is 0 Å². The van der Waals surface area contributed by atoms with Crippen molar-refractivity contribution < 1.29 is 10.2 Å². The van der Waals surface area contributed by atoms with E-state index in [1.165, 1.54) is 36.4 Å². The van der Waals surface area contributed by atoms with Crippen LogP contribution in [0.2, 0.25) is 20.1 Å². The first-order valence-corrected chi connectivity index (χ1v) is 6.15. The summed E-state index contributed by atoms with van der Waals surface area (Å²) in [6.07, 6.45) is 0. The van der Waals surface area contributed by atoms with E-state index in [0.717, 1.165) is 0 Å². The average molecular weight is 348 g/mol. The minimum Gasteiger partial charge on any atom is -0.871 e. The molecule has 2 rings (SSSR count). The SMILES string of the molecule is [Mg+2].[O-]c1ccc(Cl)cc1Cl.[O-]c1ccc(Cl)cc1Cl. The number of hydrogen-bond donors (Lipinski definition) is 0. The van der Waals surface area contributed by atoms with Crippen LogP contribution in [0.1, 0.15) is 0 Å². The molecule has 0 fully saturated rings. The molecule has 0 aliphatic heterocycles. The van der Waals surface area contributed by atoms with Gasteiger partial charge in [0, 0.05) is 20.1 Å². The molecule has 0 unspecified atom stereocenters. The molecular formula is C12H6Cl4MgO2. The Kier molecular flexibility index (Phi) is 8.99. The molecule has 0 bridgehead atoms. The summed E-state index contributed by atoms with van der Waals surface area (Å²) in [7, 11) is 0. The van der Waals surface area contributed by atoms with Crippen molar-refractivity contribution in [2.45, 2.75) is 0 Å². The van der Waals surface area contributed by atoms with E-state index in [2.05, 4.69) is 0 Å². The molecule has 0 saturated heterocycles. The maximum absolute atomic E-state index is 10.6. The van der Waals surface area contributed by atoms with Crippen LogP contribution in [0.5, 0.6) is 11.5 Å². The van der Waals surface area contributed by atoms with Crippen LogP contribution in [0.15, 0.2) is 36.4 Å². The zero-order valence-electron chi connectivity index (χ0n) is 9.50. The molecule has 0 aromatic heterocycles. The van der Waals surface area contributed by atoms with Crippen LogP contribution in [-0.4, -0.2) is 23.1 Å². The van der Waals surface area contributed by atoms with Crippen LogP contribution >= 0.6 is 46.4 Å². The second-order valence-electron chi connectivity index (χ2n) is 3.15. The molecule has 96 valence electrons. The van der Waals surface area contributed by atoms with Crippen molar-refractivity contribution in [3.8, 4) is 11.5 Å². The Morgan fingerprint density at radius 3 is 1.16 bits per heavy atom. The number of rotatable bonds is 0. The van der Waals surface area contributed by atoms with Crippen LogP contribution in [0.25, 0.3) is 0 Å². The molecule has 0 spiro atoms. The fraction of sp³-hybridized carbons (Fsp3) is 0. The van der Waals surface area contributed by atoms with Gasteiger partial charge >= 0.3 is 23.1 Å². The quantitative estimate of drug-likeness (QED) is 0.681. The van der Waals surface area contributed by atoms with E-state index < -0.39 is 0 Å². The molecule has 0 saturated carbocycles. The minimum absolute atomic E-state index is 0. The van der Waals surface area contributed by atoms with Gasteiger partial charge in [0.15, 0.2) is 0 Å². The molecule has 2 aromatic carbocycles. The molecule has 0 radical (unpaired) electrons. The van der Waals surface area contributed by atoms with Crippen molar-refractivity contribution >= 4 is 69.5 Å². The van der Waals surface area contributed by atoms with E-state index in [-0.39, 0.29) is 44.6 Å². The second kappa shape index (κ2) is 9.00. The molecule has 2 aromatic rings. The summed E-state index contributed by atoms with van der Waals surface area (Å²) in [5.74, 6) is -0.387. The first kappa shape index (κ1) is 19.0. The zero-order chi connectivity index (χ0) is 13.7. The van der Waals surface area contributed by atoms with Crippen molar-refractivity contribution in [2.24, 2.45) is 0 Å². The Labute approximate surface area is 147 Å². The fourth-order valence-corrected chi connectivity index (χ4v) is 1.77. The van der Waals surface area contributed by atoms with E-state index in [0.29, 0.717) is 10.0 Å². The van der Waals surface area contributed by atoms with Crippen molar-refractivity contribution in [3.63, 3.8) is 0 Å². The summed E-state index contributed by atoms with van der Waals surface area (Å²) in [6.45, 7) is 0. The van der Waals surface area contributed by atoms with Crippen molar-refractivity contribution in [2.75, 3.05) is 0 Å². The van der Waals surface area contributed by atoms with Gasteiger partial charge in [0.05, 0.1) is 0 Å². The van der Waals surface area contributed by atoms with Crippen molar-refractivity contribution in [1.82, 2.24) is 0 Å². The maximum Gasteiger partial charge on any atom is 2.00 e. The van der Waals surface area contributed by atoms with Gasteiger partial charge in [-0.05, 0) is 24.3 Å². The molecule has 0 amide bonds. The molecule has 0 heterocycles. The van der Waals surface area contributed by atoms with Crippen LogP contribution < -0.4 is 10.2 Å². The Bertz CT molecular complexity index is 500. The first-order valence-electron chi connectivity index (χ1n) is 4.64. The summed E-state index contributed by atoms with van der Waals surface area (Å²) in [5.41, 5.74) is 0. The zero-order valence-corrected chi connectivity index (χ0v) is 13.9. The third kappa shape index (κ3) is 6.79. The third-order valence-corrected chi connectivity index (χ3v) is 2.85. The first-order chi connectivity index (χ1) is 8.40. The average Bonchev–Trinajstić information content (AvgIpc) is 2.30. The Hall–Kier alpha value is -0.0338. The molecule has 2 nitrogen and oxygen atoms in total. The van der Waals surface area contributed by atoms with E-state index in [4.69, 9.17) is 46.4 Å². The fourth-order valence-electron chi connectivity index (χ4n) is 0.950. The number of halogens is 4. The second-order valence-corrected chi connectivity index (χ2v) is 4.84. The topological polar surface area (TPSA) is 46.1 Å². The summed E-state index contributed by atoms with van der Waals surface area (Å²) in [5, 5.41) is 22.5. The van der Waals surface area contributed by atoms with Gasteiger partial charge in [-0.1, -0.05) is 70.0 Å². The van der Waals surface area contributed by atoms with E-state index in [1.807, 2.05) is 0 Å². The summed E-state index contributed by atoms with van der Waals surface area (Å²) >= 11 is 21.8. The predicted octanol–water partition coefficient (Wildman–Crippen LogP) is 3.75. The summed E-state index contributed by atoms with van der Waals surface area (Å²) < 4.78 is 0. The Balaban J connectivity index is 0.000000324. The van der Waals surface area contributed by atoms with Crippen LogP contribution in [0.4, 0.5) is 0 Å². The number of hydrogen-bond acceptors (Lipinski definition) is 2. The molecule has 0 N–H and O–H groups in total. The van der Waals surface area contributed by atoms with Gasteiger partial charge in [-0.2, -0.15) is 0 Å². The standard InChI is InChI=1S/2C6H4Cl2O.Mg/c2*7-4-1-2-6(9)5(8)3-4;/h2*1-3,9H;/q;;+2/p-2. The van der Waals surface area contributed by atoms with Crippen molar-refractivity contribution in [1.29, 1.82) is 0 Å². The summed E-state index contributed by atoms with van der Waals surface area (Å²) in [6, 6.07) is 8.54. The summed E-state index contributed by atoms with van der Waals surface area (Å²) in [4.78, 5) is 0. The van der Waals surface area contributed by atoms with Gasteiger partial charge in [-0.3, -0.25) is 0 Å². The predicted molar refractivity (Wildman–Crippen MR) is 77.6 cm³/mol. The minimum atomic E-state index is -0.193. The molecule has 19 heavy (non-hydrogen) atoms. The Morgan fingerprint density at radius 2 is 0.947 bits per heavy atom. The maximum atomic E-state index is 10.6. The molecule has 0 aliphatic rings. The monoisotopic (exact) mass is 346 g/mol. The van der Waals surface area contributed by atoms with Crippen LogP contribution in [-0.2, 0) is 0 Å². The third-order valence-electron chi connectivity index (χ3n) is 1.79. The van der Waals surface area contributed by atoms with Gasteiger partial charge in [0.1, 0.15) is 0 Å². The van der Waals surface area contributed by atoms with Gasteiger partial charge in [0.2, 0.25) is 0 Å². The van der Waals surface area contributed by atoms with Gasteiger partial charge in [0.25, 0.3) is 0 Å².